The molecule has 3 aliphatic carbocycles. The smallest absolute Gasteiger partial charge is 0.303 e. The van der Waals surface area contributed by atoms with Crippen molar-refractivity contribution in [3.63, 3.8) is 0 Å². The van der Waals surface area contributed by atoms with E-state index in [0.29, 0.717) is 34.4 Å². The second-order valence-electron chi connectivity index (χ2n) is 10.6. The standard InChI is InChI=1S/C25H34N6O4/c1-14-19-9-17(25(19,3)4)10-20(14)30-21-12-28-31(24(35)18(21)5-6-23(33)34)13-22(32)29-15(2)16-7-8-26-27-11-16/h7-8,11-12,14-15,17,19-20,30H,5-6,9-10,13H2,1-4H3,(H,29,32)(H,33,34)/t14-,15?,17+,19-,20-/m1/s1. The topological polar surface area (TPSA) is 139 Å². The third-order valence-corrected chi connectivity index (χ3v) is 8.21. The zero-order chi connectivity index (χ0) is 25.3. The summed E-state index contributed by atoms with van der Waals surface area (Å²) in [7, 11) is 0. The van der Waals surface area contributed by atoms with Crippen LogP contribution in [0.1, 0.15) is 64.1 Å². The first-order valence-corrected chi connectivity index (χ1v) is 12.2. The lowest BCUT2D eigenvalue weighted by atomic mass is 9.45. The van der Waals surface area contributed by atoms with Gasteiger partial charge in [-0.2, -0.15) is 15.3 Å². The Morgan fingerprint density at radius 1 is 1.26 bits per heavy atom. The van der Waals surface area contributed by atoms with E-state index in [1.165, 1.54) is 6.42 Å². The molecule has 0 saturated heterocycles. The number of aliphatic carboxylic acids is 1. The van der Waals surface area contributed by atoms with Gasteiger partial charge < -0.3 is 15.7 Å². The molecule has 3 saturated carbocycles. The van der Waals surface area contributed by atoms with Crippen LogP contribution in [-0.4, -0.2) is 43.0 Å². The van der Waals surface area contributed by atoms with Crippen LogP contribution in [-0.2, 0) is 22.6 Å². The normalized spacial score (nSPS) is 25.3. The summed E-state index contributed by atoms with van der Waals surface area (Å²) >= 11 is 0. The maximum absolute atomic E-state index is 13.3. The summed E-state index contributed by atoms with van der Waals surface area (Å²) in [6, 6.07) is 1.64. The van der Waals surface area contributed by atoms with Gasteiger partial charge in [-0.15, -0.1) is 0 Å². The van der Waals surface area contributed by atoms with Crippen molar-refractivity contribution in [3.05, 3.63) is 46.1 Å². The Balaban J connectivity index is 1.51. The van der Waals surface area contributed by atoms with Gasteiger partial charge in [-0.25, -0.2) is 4.68 Å². The Morgan fingerprint density at radius 2 is 2.03 bits per heavy atom. The molecule has 10 nitrogen and oxygen atoms in total. The number of nitrogens with one attached hydrogen (secondary N) is 2. The highest BCUT2D eigenvalue weighted by Gasteiger charge is 2.56. The molecule has 35 heavy (non-hydrogen) atoms. The minimum Gasteiger partial charge on any atom is -0.481 e. The van der Waals surface area contributed by atoms with Crippen molar-refractivity contribution in [2.24, 2.45) is 23.2 Å². The number of hydrogen-bond donors (Lipinski definition) is 3. The number of carbonyl (C=O) groups is 2. The second kappa shape index (κ2) is 9.75. The van der Waals surface area contributed by atoms with Crippen molar-refractivity contribution in [1.82, 2.24) is 25.3 Å². The molecule has 188 valence electrons. The van der Waals surface area contributed by atoms with Crippen molar-refractivity contribution in [2.75, 3.05) is 5.32 Å². The van der Waals surface area contributed by atoms with E-state index in [-0.39, 0.29) is 37.4 Å². The van der Waals surface area contributed by atoms with Gasteiger partial charge in [0, 0.05) is 24.2 Å². The fraction of sp³-hybridized carbons (Fsp3) is 0.600. The van der Waals surface area contributed by atoms with Gasteiger partial charge in [0.05, 0.1) is 24.1 Å². The molecule has 10 heteroatoms. The van der Waals surface area contributed by atoms with E-state index in [2.05, 4.69) is 46.7 Å². The first-order valence-electron chi connectivity index (χ1n) is 12.2. The lowest BCUT2D eigenvalue weighted by molar-refractivity contribution is -0.137. The largest absolute Gasteiger partial charge is 0.481 e. The third-order valence-electron chi connectivity index (χ3n) is 8.21. The molecule has 3 N–H and O–H groups in total. The van der Waals surface area contributed by atoms with E-state index < -0.39 is 11.5 Å². The molecule has 0 radical (unpaired) electrons. The Hall–Kier alpha value is -3.30. The molecule has 5 rings (SSSR count). The Labute approximate surface area is 204 Å². The SMILES string of the molecule is CC(NC(=O)Cn1ncc(N[C@@H]2C[C@@H]3C[C@H]([C@H]2C)C3(C)C)c(CCC(=O)O)c1=O)c1ccnnc1. The minimum atomic E-state index is -0.981. The molecule has 2 aromatic heterocycles. The molecule has 0 spiro atoms. The number of amides is 1. The molecule has 1 amide bonds. The van der Waals surface area contributed by atoms with Crippen molar-refractivity contribution < 1.29 is 14.7 Å². The predicted octanol–water partition coefficient (Wildman–Crippen LogP) is 2.41. The van der Waals surface area contributed by atoms with Gasteiger partial charge in [-0.1, -0.05) is 20.8 Å². The number of hydrogen-bond acceptors (Lipinski definition) is 7. The molecule has 5 atom stereocenters. The summed E-state index contributed by atoms with van der Waals surface area (Å²) in [4.78, 5) is 37.1. The molecule has 3 aliphatic rings. The number of aromatic nitrogens is 4. The number of fused-ring (bicyclic) bond motifs is 2. The summed E-state index contributed by atoms with van der Waals surface area (Å²) in [5.74, 6) is 0.330. The van der Waals surface area contributed by atoms with Crippen LogP contribution in [0.4, 0.5) is 5.69 Å². The molecule has 2 heterocycles. The van der Waals surface area contributed by atoms with Crippen molar-refractivity contribution in [3.8, 4) is 0 Å². The Kier molecular flexibility index (Phi) is 6.91. The van der Waals surface area contributed by atoms with Gasteiger partial charge in [0.2, 0.25) is 5.91 Å². The molecule has 0 aromatic carbocycles. The molecular weight excluding hydrogens is 448 g/mol. The van der Waals surface area contributed by atoms with E-state index in [9.17, 15) is 19.5 Å². The molecule has 2 aromatic rings. The van der Waals surface area contributed by atoms with Gasteiger partial charge in [0.25, 0.3) is 5.56 Å². The van der Waals surface area contributed by atoms with Crippen LogP contribution in [0.3, 0.4) is 0 Å². The van der Waals surface area contributed by atoms with Crippen LogP contribution in [0.15, 0.2) is 29.5 Å². The zero-order valence-corrected chi connectivity index (χ0v) is 20.7. The van der Waals surface area contributed by atoms with Gasteiger partial charge in [-0.3, -0.25) is 14.4 Å². The first kappa shape index (κ1) is 24.8. The number of carboxylic acids is 1. The average molecular weight is 483 g/mol. The van der Waals surface area contributed by atoms with E-state index in [0.717, 1.165) is 16.7 Å². The number of rotatable bonds is 9. The third kappa shape index (κ3) is 5.06. The highest BCUT2D eigenvalue weighted by Crippen LogP contribution is 2.61. The van der Waals surface area contributed by atoms with Crippen LogP contribution in [0, 0.1) is 23.2 Å². The van der Waals surface area contributed by atoms with Crippen LogP contribution in [0.5, 0.6) is 0 Å². The van der Waals surface area contributed by atoms with Crippen molar-refractivity contribution >= 4 is 17.6 Å². The monoisotopic (exact) mass is 482 g/mol. The van der Waals surface area contributed by atoms with E-state index in [1.807, 2.05) is 6.92 Å². The lowest BCUT2D eigenvalue weighted by Crippen LogP contribution is -2.58. The van der Waals surface area contributed by atoms with Gasteiger partial charge in [0.15, 0.2) is 0 Å². The maximum atomic E-state index is 13.3. The molecule has 3 fully saturated rings. The number of carbonyl (C=O) groups excluding carboxylic acids is 1. The molecular formula is C25H34N6O4. The summed E-state index contributed by atoms with van der Waals surface area (Å²) in [6.45, 7) is 8.45. The van der Waals surface area contributed by atoms with Gasteiger partial charge in [-0.05, 0) is 61.0 Å². The number of carboxylic acid groups (broad SMARTS) is 1. The summed E-state index contributed by atoms with van der Waals surface area (Å²) in [5, 5.41) is 27.4. The minimum absolute atomic E-state index is 0.0686. The van der Waals surface area contributed by atoms with Crippen molar-refractivity contribution in [1.29, 1.82) is 0 Å². The molecule has 1 unspecified atom stereocenters. The fourth-order valence-electron chi connectivity index (χ4n) is 5.84. The van der Waals surface area contributed by atoms with Crippen LogP contribution < -0.4 is 16.2 Å². The van der Waals surface area contributed by atoms with E-state index in [4.69, 9.17) is 0 Å². The average Bonchev–Trinajstić information content (AvgIpc) is 2.81. The quantitative estimate of drug-likeness (QED) is 0.495. The molecule has 0 aliphatic heterocycles. The first-order chi connectivity index (χ1) is 16.6. The number of nitrogens with zero attached hydrogens (tertiary/aromatic N) is 4. The van der Waals surface area contributed by atoms with Crippen LogP contribution in [0.2, 0.25) is 0 Å². The summed E-state index contributed by atoms with van der Waals surface area (Å²) < 4.78 is 1.10. The highest BCUT2D eigenvalue weighted by atomic mass is 16.4. The lowest BCUT2D eigenvalue weighted by Gasteiger charge is -2.62. The Morgan fingerprint density at radius 3 is 2.66 bits per heavy atom. The maximum Gasteiger partial charge on any atom is 0.303 e. The van der Waals surface area contributed by atoms with Gasteiger partial charge in [0.1, 0.15) is 6.54 Å². The van der Waals surface area contributed by atoms with Crippen LogP contribution in [0.25, 0.3) is 0 Å². The second-order valence-corrected chi connectivity index (χ2v) is 10.6. The Bertz CT molecular complexity index is 1150. The van der Waals surface area contributed by atoms with E-state index in [1.54, 1.807) is 24.7 Å². The summed E-state index contributed by atoms with van der Waals surface area (Å²) in [6.07, 6.45) is 6.81. The fourth-order valence-corrected chi connectivity index (χ4v) is 5.84. The molecule has 2 bridgehead atoms. The van der Waals surface area contributed by atoms with Gasteiger partial charge >= 0.3 is 5.97 Å². The zero-order valence-electron chi connectivity index (χ0n) is 20.7. The van der Waals surface area contributed by atoms with Crippen LogP contribution >= 0.6 is 0 Å². The summed E-state index contributed by atoms with van der Waals surface area (Å²) in [5.41, 5.74) is 1.60. The predicted molar refractivity (Wildman–Crippen MR) is 130 cm³/mol. The highest BCUT2D eigenvalue weighted by molar-refractivity contribution is 5.76. The number of anilines is 1. The van der Waals surface area contributed by atoms with Crippen molar-refractivity contribution in [2.45, 2.75) is 72.0 Å². The van der Waals surface area contributed by atoms with E-state index >= 15 is 0 Å².